The number of aromatic nitrogens is 5. The summed E-state index contributed by atoms with van der Waals surface area (Å²) >= 11 is 1.24. The predicted octanol–water partition coefficient (Wildman–Crippen LogP) is 2.77. The van der Waals surface area contributed by atoms with E-state index in [1.165, 1.54) is 44.1 Å². The minimum Gasteiger partial charge on any atom is -0.481 e. The minimum atomic E-state index is -0.515. The molecule has 2 aliphatic heterocycles. The van der Waals surface area contributed by atoms with E-state index in [4.69, 9.17) is 11.2 Å². The van der Waals surface area contributed by atoms with Crippen molar-refractivity contribution in [1.29, 1.82) is 0 Å². The number of hydrogen-bond acceptors (Lipinski definition) is 9. The lowest BCUT2D eigenvalue weighted by Crippen LogP contribution is -2.45. The van der Waals surface area contributed by atoms with Gasteiger partial charge in [-0.2, -0.15) is 9.36 Å². The Balaban J connectivity index is 0.000000187. The molecule has 0 spiro atoms. The fraction of sp³-hybridized carbons (Fsp3) is 0.533. The lowest BCUT2D eigenvalue weighted by Gasteiger charge is -2.28. The van der Waals surface area contributed by atoms with Crippen molar-refractivity contribution < 1.29 is 13.9 Å². The minimum absolute atomic E-state index is 0.0219. The largest absolute Gasteiger partial charge is 0.481 e. The zero-order chi connectivity index (χ0) is 31.8. The lowest BCUT2D eigenvalue weighted by atomic mass is 9.92. The molecule has 3 aliphatic rings. The Morgan fingerprint density at radius 3 is 2.61 bits per heavy atom. The van der Waals surface area contributed by atoms with E-state index in [0.717, 1.165) is 44.5 Å². The molecule has 0 atom stereocenters. The highest BCUT2D eigenvalue weighted by Gasteiger charge is 2.31. The van der Waals surface area contributed by atoms with Crippen molar-refractivity contribution in [3.8, 4) is 18.1 Å². The molecular formula is C30H37FN8O4S. The molecule has 1 aliphatic carbocycles. The standard InChI is InChI=1S/C18H17FN4O2S.C12H20N4O2/c1-4-5-22-13-7-12(11(19)6-14(13)25-9-16(22)24)20-17-23-10-18(2,3)8-15(23)21-26-17;1-14(2)10-13-11(17)16(12(18)15(10)3)9-7-5-4-6-8-9/h1,6-7H,5,8-10H2,2-3H3;9H,4-8H2,1-3H3/b20-17-;. The number of halogens is 1. The Kier molecular flexibility index (Phi) is 8.78. The van der Waals surface area contributed by atoms with Crippen molar-refractivity contribution in [2.75, 3.05) is 37.0 Å². The van der Waals surface area contributed by atoms with Crippen molar-refractivity contribution in [3.63, 3.8) is 0 Å². The van der Waals surface area contributed by atoms with E-state index in [2.05, 4.69) is 34.1 Å². The van der Waals surface area contributed by atoms with E-state index in [9.17, 15) is 18.8 Å². The predicted molar refractivity (Wildman–Crippen MR) is 166 cm³/mol. The molecule has 4 heterocycles. The number of nitrogens with zero attached hydrogens (tertiary/aromatic N) is 8. The number of carbonyl (C=O) groups excluding carboxylic acids is 1. The van der Waals surface area contributed by atoms with Crippen LogP contribution in [-0.2, 0) is 24.8 Å². The Hall–Kier alpha value is -4.25. The van der Waals surface area contributed by atoms with Gasteiger partial charge in [0.05, 0.1) is 12.2 Å². The number of benzene rings is 1. The number of anilines is 2. The molecule has 1 saturated carbocycles. The van der Waals surface area contributed by atoms with Crippen molar-refractivity contribution in [3.05, 3.63) is 49.5 Å². The summed E-state index contributed by atoms with van der Waals surface area (Å²) in [6.07, 6.45) is 11.4. The highest BCUT2D eigenvalue weighted by atomic mass is 32.1. The van der Waals surface area contributed by atoms with Gasteiger partial charge in [-0.3, -0.25) is 14.3 Å². The molecule has 44 heavy (non-hydrogen) atoms. The zero-order valence-corrected chi connectivity index (χ0v) is 26.5. The van der Waals surface area contributed by atoms with Gasteiger partial charge in [-0.1, -0.05) is 39.0 Å². The maximum atomic E-state index is 14.5. The summed E-state index contributed by atoms with van der Waals surface area (Å²) in [6.45, 7) is 5.05. The van der Waals surface area contributed by atoms with Crippen LogP contribution >= 0.6 is 11.5 Å². The van der Waals surface area contributed by atoms with Crippen LogP contribution in [0.2, 0.25) is 0 Å². The van der Waals surface area contributed by atoms with Gasteiger partial charge in [0.25, 0.3) is 5.91 Å². The molecule has 3 aromatic rings. The summed E-state index contributed by atoms with van der Waals surface area (Å²) in [6, 6.07) is 2.78. The second-order valence-electron chi connectivity index (χ2n) is 12.3. The first-order chi connectivity index (χ1) is 20.9. The van der Waals surface area contributed by atoms with Gasteiger partial charge in [0.15, 0.2) is 12.4 Å². The topological polar surface area (TPSA) is 120 Å². The first-order valence-corrected chi connectivity index (χ1v) is 15.3. The van der Waals surface area contributed by atoms with Crippen molar-refractivity contribution in [1.82, 2.24) is 23.1 Å². The molecule has 1 fully saturated rings. The first kappa shape index (κ1) is 31.2. The average molecular weight is 625 g/mol. The second-order valence-corrected chi connectivity index (χ2v) is 13.0. The summed E-state index contributed by atoms with van der Waals surface area (Å²) in [5, 5.41) is 0. The van der Waals surface area contributed by atoms with E-state index in [1.807, 2.05) is 4.57 Å². The molecule has 0 saturated heterocycles. The molecule has 14 heteroatoms. The van der Waals surface area contributed by atoms with Crippen LogP contribution in [0.3, 0.4) is 0 Å². The fourth-order valence-corrected chi connectivity index (χ4v) is 6.60. The van der Waals surface area contributed by atoms with E-state index < -0.39 is 11.5 Å². The SMILES string of the molecule is C#CCN1C(=O)COc2cc(F)c(/N=c3\snc4n3CC(C)(C)C4)cc21.CN(C)c1nc(=O)n(C2CCCCC2)c(=O)n1C. The molecular weight excluding hydrogens is 587 g/mol. The maximum absolute atomic E-state index is 14.5. The normalized spacial score (nSPS) is 17.7. The molecule has 2 aromatic heterocycles. The quantitative estimate of drug-likeness (QED) is 0.410. The molecule has 1 aromatic carbocycles. The number of terminal acetylenes is 1. The van der Waals surface area contributed by atoms with Crippen LogP contribution in [0.25, 0.3) is 0 Å². The maximum Gasteiger partial charge on any atom is 0.355 e. The summed E-state index contributed by atoms with van der Waals surface area (Å²) in [7, 11) is 5.20. The molecule has 0 unspecified atom stereocenters. The number of ether oxygens (including phenoxy) is 1. The van der Waals surface area contributed by atoms with Crippen molar-refractivity contribution in [2.24, 2.45) is 17.5 Å². The van der Waals surface area contributed by atoms with Crippen molar-refractivity contribution in [2.45, 2.75) is 65.0 Å². The Bertz CT molecular complexity index is 1810. The third-order valence-corrected chi connectivity index (χ3v) is 8.75. The van der Waals surface area contributed by atoms with Crippen LogP contribution in [0.4, 0.5) is 21.7 Å². The third kappa shape index (κ3) is 6.19. The summed E-state index contributed by atoms with van der Waals surface area (Å²) in [5.74, 6) is 3.32. The number of amides is 1. The van der Waals surface area contributed by atoms with Crippen molar-refractivity contribution >= 4 is 34.8 Å². The highest BCUT2D eigenvalue weighted by Crippen LogP contribution is 2.37. The van der Waals surface area contributed by atoms with E-state index in [-0.39, 0.29) is 41.9 Å². The summed E-state index contributed by atoms with van der Waals surface area (Å²) in [5.41, 5.74) is -0.00313. The van der Waals surface area contributed by atoms with E-state index >= 15 is 0 Å². The van der Waals surface area contributed by atoms with Crippen LogP contribution in [0, 0.1) is 23.6 Å². The number of hydrogen-bond donors (Lipinski definition) is 0. The number of fused-ring (bicyclic) bond motifs is 2. The average Bonchev–Trinajstić information content (AvgIpc) is 3.48. The molecule has 6 rings (SSSR count). The molecule has 0 bridgehead atoms. The molecule has 12 nitrogen and oxygen atoms in total. The number of rotatable bonds is 4. The molecule has 234 valence electrons. The molecule has 1 amide bonds. The van der Waals surface area contributed by atoms with Gasteiger partial charge in [-0.05, 0) is 24.3 Å². The van der Waals surface area contributed by atoms with Gasteiger partial charge in [-0.15, -0.1) is 6.42 Å². The van der Waals surface area contributed by atoms with Crippen LogP contribution in [0.5, 0.6) is 5.75 Å². The highest BCUT2D eigenvalue weighted by molar-refractivity contribution is 7.02. The lowest BCUT2D eigenvalue weighted by molar-refractivity contribution is -0.121. The smallest absolute Gasteiger partial charge is 0.355 e. The Morgan fingerprint density at radius 2 is 1.93 bits per heavy atom. The summed E-state index contributed by atoms with van der Waals surface area (Å²) in [4.78, 5) is 48.5. The summed E-state index contributed by atoms with van der Waals surface area (Å²) < 4.78 is 29.1. The second kappa shape index (κ2) is 12.4. The Labute approximate surface area is 258 Å². The fourth-order valence-electron chi connectivity index (χ4n) is 5.84. The molecule has 0 radical (unpaired) electrons. The molecule has 0 N–H and O–H groups in total. The monoisotopic (exact) mass is 624 g/mol. The van der Waals surface area contributed by atoms with Gasteiger partial charge >= 0.3 is 11.4 Å². The van der Waals surface area contributed by atoms with E-state index in [1.54, 1.807) is 26.0 Å². The number of carbonyl (C=O) groups is 1. The Morgan fingerprint density at radius 1 is 1.20 bits per heavy atom. The third-order valence-electron chi connectivity index (χ3n) is 7.97. The van der Waals surface area contributed by atoms with Gasteiger partial charge in [0.1, 0.15) is 17.3 Å². The zero-order valence-electron chi connectivity index (χ0n) is 25.7. The van der Waals surface area contributed by atoms with Crippen LogP contribution in [-0.4, -0.2) is 56.2 Å². The first-order valence-electron chi connectivity index (χ1n) is 14.6. The van der Waals surface area contributed by atoms with Gasteiger partial charge < -0.3 is 14.2 Å². The van der Waals surface area contributed by atoms with Crippen LogP contribution in [0.1, 0.15) is 57.8 Å². The van der Waals surface area contributed by atoms with Gasteiger partial charge in [0.2, 0.25) is 10.7 Å². The van der Waals surface area contributed by atoms with Gasteiger partial charge in [-0.25, -0.2) is 23.5 Å². The van der Waals surface area contributed by atoms with Gasteiger partial charge in [0, 0.05) is 57.7 Å². The van der Waals surface area contributed by atoms with E-state index in [0.29, 0.717) is 22.2 Å². The van der Waals surface area contributed by atoms with Crippen LogP contribution in [0.15, 0.2) is 26.7 Å². The van der Waals surface area contributed by atoms with Crippen LogP contribution < -0.4 is 30.7 Å².